The molecule has 4 heteroatoms. The summed E-state index contributed by atoms with van der Waals surface area (Å²) in [6.45, 7) is 0. The van der Waals surface area contributed by atoms with E-state index in [1.807, 2.05) is 12.1 Å². The zero-order valence-corrected chi connectivity index (χ0v) is 8.97. The number of Topliss-reactive ketones (excluding diaryl/α,β-unsaturated/α-hetero) is 1. The number of hydrogen-bond acceptors (Lipinski definition) is 2. The first kappa shape index (κ1) is 12.1. The van der Waals surface area contributed by atoms with Crippen LogP contribution in [0.3, 0.4) is 0 Å². The van der Waals surface area contributed by atoms with Gasteiger partial charge in [0.05, 0.1) is 6.04 Å². The number of rotatable bonds is 0. The highest BCUT2D eigenvalue weighted by Crippen LogP contribution is 2.28. The van der Waals surface area contributed by atoms with Gasteiger partial charge in [-0.25, -0.2) is 4.39 Å². The van der Waals surface area contributed by atoms with Gasteiger partial charge in [-0.1, -0.05) is 24.3 Å². The van der Waals surface area contributed by atoms with Crippen molar-refractivity contribution in [3.05, 3.63) is 35.4 Å². The molecule has 0 fully saturated rings. The molecule has 1 aliphatic rings. The van der Waals surface area contributed by atoms with Crippen molar-refractivity contribution in [3.63, 3.8) is 0 Å². The molecule has 0 heterocycles. The molecule has 0 aromatic heterocycles. The molecule has 1 aromatic rings. The molecular weight excluding hydrogens is 217 g/mol. The van der Waals surface area contributed by atoms with Crippen LogP contribution >= 0.6 is 12.4 Å². The number of hydrogen-bond donors (Lipinski definition) is 1. The van der Waals surface area contributed by atoms with E-state index in [4.69, 9.17) is 5.73 Å². The average Bonchev–Trinajstić information content (AvgIpc) is 2.32. The van der Waals surface area contributed by atoms with Crippen LogP contribution < -0.4 is 5.73 Å². The normalized spacial score (nSPS) is 25.1. The molecule has 0 aliphatic heterocycles. The Bertz CT molecular complexity index is 369. The number of alkyl halides is 1. The first-order valence-electron chi connectivity index (χ1n) is 4.71. The van der Waals surface area contributed by atoms with E-state index in [9.17, 15) is 9.18 Å². The molecule has 1 aliphatic carbocycles. The van der Waals surface area contributed by atoms with Crippen LogP contribution in [0.2, 0.25) is 0 Å². The summed E-state index contributed by atoms with van der Waals surface area (Å²) < 4.78 is 13.7. The van der Waals surface area contributed by atoms with E-state index in [-0.39, 0.29) is 12.4 Å². The number of nitrogens with two attached hydrogens (primary N) is 1. The molecule has 0 spiro atoms. The monoisotopic (exact) mass is 229 g/mol. The lowest BCUT2D eigenvalue weighted by molar-refractivity contribution is -0.125. The zero-order valence-electron chi connectivity index (χ0n) is 8.15. The van der Waals surface area contributed by atoms with E-state index in [1.165, 1.54) is 0 Å². The van der Waals surface area contributed by atoms with E-state index < -0.39 is 18.0 Å². The van der Waals surface area contributed by atoms with E-state index >= 15 is 0 Å². The van der Waals surface area contributed by atoms with Crippen LogP contribution in [-0.4, -0.2) is 11.8 Å². The van der Waals surface area contributed by atoms with Gasteiger partial charge in [-0.2, -0.15) is 0 Å². The molecule has 2 atom stereocenters. The van der Waals surface area contributed by atoms with Gasteiger partial charge in [0.15, 0.2) is 12.0 Å². The summed E-state index contributed by atoms with van der Waals surface area (Å²) in [4.78, 5) is 11.4. The minimum Gasteiger partial charge on any atom is -0.321 e. The van der Waals surface area contributed by atoms with Crippen molar-refractivity contribution in [1.82, 2.24) is 0 Å². The van der Waals surface area contributed by atoms with Gasteiger partial charge >= 0.3 is 0 Å². The molecule has 0 unspecified atom stereocenters. The Kier molecular flexibility index (Phi) is 3.83. The van der Waals surface area contributed by atoms with Crippen LogP contribution in [0.15, 0.2) is 24.3 Å². The van der Waals surface area contributed by atoms with Crippen LogP contribution in [-0.2, 0) is 11.2 Å². The predicted molar refractivity (Wildman–Crippen MR) is 58.8 cm³/mol. The van der Waals surface area contributed by atoms with E-state index in [0.717, 1.165) is 5.56 Å². The van der Waals surface area contributed by atoms with Crippen molar-refractivity contribution in [2.24, 2.45) is 5.73 Å². The second-order valence-electron chi connectivity index (χ2n) is 3.61. The predicted octanol–water partition coefficient (Wildman–Crippen LogP) is 1.96. The summed E-state index contributed by atoms with van der Waals surface area (Å²) in [6, 6.07) is 6.46. The summed E-state index contributed by atoms with van der Waals surface area (Å²) in [6.07, 6.45) is -0.316. The van der Waals surface area contributed by atoms with Crippen LogP contribution in [0.4, 0.5) is 4.39 Å². The van der Waals surface area contributed by atoms with Gasteiger partial charge in [0.1, 0.15) is 0 Å². The molecule has 0 saturated heterocycles. The fraction of sp³-hybridized carbons (Fsp3) is 0.364. The number of benzene rings is 1. The highest BCUT2D eigenvalue weighted by molar-refractivity contribution is 5.89. The number of carbonyl (C=O) groups is 1. The van der Waals surface area contributed by atoms with Crippen molar-refractivity contribution in [2.75, 3.05) is 0 Å². The molecule has 2 nitrogen and oxygen atoms in total. The van der Waals surface area contributed by atoms with Gasteiger partial charge < -0.3 is 5.73 Å². The second-order valence-corrected chi connectivity index (χ2v) is 3.61. The lowest BCUT2D eigenvalue weighted by Gasteiger charge is -2.09. The number of fused-ring (bicyclic) bond motifs is 1. The lowest BCUT2D eigenvalue weighted by atomic mass is 10.0. The maximum absolute atomic E-state index is 13.7. The van der Waals surface area contributed by atoms with Gasteiger partial charge in [0.25, 0.3) is 0 Å². The third-order valence-corrected chi connectivity index (χ3v) is 2.67. The number of ketones is 1. The van der Waals surface area contributed by atoms with Crippen molar-refractivity contribution in [2.45, 2.75) is 25.1 Å². The zero-order chi connectivity index (χ0) is 10.1. The fourth-order valence-electron chi connectivity index (χ4n) is 1.80. The summed E-state index contributed by atoms with van der Waals surface area (Å²) in [5.74, 6) is -0.491. The van der Waals surface area contributed by atoms with Crippen molar-refractivity contribution < 1.29 is 9.18 Å². The van der Waals surface area contributed by atoms with Crippen LogP contribution in [0, 0.1) is 0 Å². The van der Waals surface area contributed by atoms with Gasteiger partial charge in [0.2, 0.25) is 0 Å². The number of carbonyl (C=O) groups excluding carboxylic acids is 1. The lowest BCUT2D eigenvalue weighted by Crippen LogP contribution is -2.32. The first-order valence-corrected chi connectivity index (χ1v) is 4.71. The minimum atomic E-state index is -1.54. The Morgan fingerprint density at radius 2 is 2.00 bits per heavy atom. The molecular formula is C11H13ClFNO. The maximum Gasteiger partial charge on any atom is 0.188 e. The van der Waals surface area contributed by atoms with E-state index in [0.29, 0.717) is 18.4 Å². The standard InChI is InChI=1S/C11H12FNO.ClH/c12-10-8-4-2-1-3-7(8)5-6-9(13)11(10)14;/h1-4,9-10H,5-6,13H2;1H/t9-,10-;/m0./s1. The molecule has 15 heavy (non-hydrogen) atoms. The Balaban J connectivity index is 0.00000112. The number of aryl methyl sites for hydroxylation is 1. The topological polar surface area (TPSA) is 43.1 Å². The maximum atomic E-state index is 13.7. The van der Waals surface area contributed by atoms with Crippen LogP contribution in [0.5, 0.6) is 0 Å². The Labute approximate surface area is 94.1 Å². The molecule has 2 rings (SSSR count). The third-order valence-electron chi connectivity index (χ3n) is 2.67. The summed E-state index contributed by atoms with van der Waals surface area (Å²) >= 11 is 0. The van der Waals surface area contributed by atoms with E-state index in [1.54, 1.807) is 12.1 Å². The molecule has 2 N–H and O–H groups in total. The summed E-state index contributed by atoms with van der Waals surface area (Å²) in [5, 5.41) is 0. The van der Waals surface area contributed by atoms with Gasteiger partial charge in [0, 0.05) is 0 Å². The van der Waals surface area contributed by atoms with Gasteiger partial charge in [-0.3, -0.25) is 4.79 Å². The minimum absolute atomic E-state index is 0. The Morgan fingerprint density at radius 3 is 2.73 bits per heavy atom. The molecule has 0 radical (unpaired) electrons. The largest absolute Gasteiger partial charge is 0.321 e. The average molecular weight is 230 g/mol. The Morgan fingerprint density at radius 1 is 1.33 bits per heavy atom. The van der Waals surface area contributed by atoms with E-state index in [2.05, 4.69) is 0 Å². The number of halogens is 2. The molecule has 0 saturated carbocycles. The van der Waals surface area contributed by atoms with Crippen molar-refractivity contribution in [1.29, 1.82) is 0 Å². The first-order chi connectivity index (χ1) is 6.70. The fourth-order valence-corrected chi connectivity index (χ4v) is 1.80. The second kappa shape index (κ2) is 4.73. The molecule has 1 aromatic carbocycles. The molecule has 82 valence electrons. The third kappa shape index (κ3) is 2.19. The highest BCUT2D eigenvalue weighted by atomic mass is 35.5. The van der Waals surface area contributed by atoms with Gasteiger partial charge in [-0.05, 0) is 24.0 Å². The Hall–Kier alpha value is -0.930. The highest BCUT2D eigenvalue weighted by Gasteiger charge is 2.30. The smallest absolute Gasteiger partial charge is 0.188 e. The molecule has 0 amide bonds. The summed E-state index contributed by atoms with van der Waals surface area (Å²) in [5.41, 5.74) is 6.95. The quantitative estimate of drug-likeness (QED) is 0.692. The van der Waals surface area contributed by atoms with Crippen LogP contribution in [0.25, 0.3) is 0 Å². The van der Waals surface area contributed by atoms with Crippen molar-refractivity contribution >= 4 is 18.2 Å². The SMILES string of the molecule is Cl.N[C@H]1CCc2ccccc2[C@H](F)C1=O. The van der Waals surface area contributed by atoms with Crippen LogP contribution in [0.1, 0.15) is 23.7 Å². The van der Waals surface area contributed by atoms with Crippen molar-refractivity contribution in [3.8, 4) is 0 Å². The molecule has 0 bridgehead atoms. The van der Waals surface area contributed by atoms with Gasteiger partial charge in [-0.15, -0.1) is 12.4 Å². The summed E-state index contributed by atoms with van der Waals surface area (Å²) in [7, 11) is 0.